The molecule has 1 saturated heterocycles. The molecule has 3 N–H and O–H groups in total. The maximum absolute atomic E-state index is 12.5. The van der Waals surface area contributed by atoms with Gasteiger partial charge in [-0.1, -0.05) is 48.5 Å². The van der Waals surface area contributed by atoms with Crippen molar-refractivity contribution in [2.45, 2.75) is 44.1 Å². The number of hydrogen-bond acceptors (Lipinski definition) is 5. The zero-order valence-electron chi connectivity index (χ0n) is 19.4. The number of amides is 2. The average molecular weight is 475 g/mol. The Hall–Kier alpha value is -3.68. The first-order chi connectivity index (χ1) is 17.1. The molecule has 1 aliphatic heterocycles. The number of benzene rings is 3. The highest BCUT2D eigenvalue weighted by molar-refractivity contribution is 5.94. The predicted octanol–water partition coefficient (Wildman–Crippen LogP) is 3.82. The van der Waals surface area contributed by atoms with Crippen LogP contribution in [0.5, 0.6) is 11.5 Å². The van der Waals surface area contributed by atoms with Gasteiger partial charge in [0, 0.05) is 12.1 Å². The molecule has 35 heavy (non-hydrogen) atoms. The van der Waals surface area contributed by atoms with Crippen molar-refractivity contribution < 1.29 is 24.2 Å². The average Bonchev–Trinajstić information content (AvgIpc) is 2.90. The van der Waals surface area contributed by atoms with E-state index in [-0.39, 0.29) is 37.0 Å². The molecule has 0 saturated carbocycles. The number of carbonyl (C=O) groups is 2. The standard InChI is InChI=1S/C28H30N2O5/c31-19-26-25(30-28(33)21-7-3-1-4-8-21)16-15-24(35-26)17-27(32)29-18-20-11-13-23(14-12-20)34-22-9-5-2-6-10-22/h1-14,24-26,31H,15-19H2,(H,29,32)(H,30,33)/t24-,25+,26-/m0/s1. The Morgan fingerprint density at radius 1 is 0.886 bits per heavy atom. The van der Waals surface area contributed by atoms with Gasteiger partial charge in [-0.2, -0.15) is 0 Å². The third kappa shape index (κ3) is 7.15. The summed E-state index contributed by atoms with van der Waals surface area (Å²) in [6.07, 6.45) is 0.593. The Morgan fingerprint density at radius 3 is 2.23 bits per heavy atom. The molecule has 0 spiro atoms. The van der Waals surface area contributed by atoms with E-state index in [0.717, 1.165) is 17.1 Å². The lowest BCUT2D eigenvalue weighted by Gasteiger charge is -2.36. The number of nitrogens with one attached hydrogen (secondary N) is 2. The zero-order chi connectivity index (χ0) is 24.5. The second-order valence-corrected chi connectivity index (χ2v) is 8.54. The van der Waals surface area contributed by atoms with Gasteiger partial charge in [0.15, 0.2) is 0 Å². The number of ether oxygens (including phenoxy) is 2. The normalized spacial score (nSPS) is 19.5. The number of para-hydroxylation sites is 1. The van der Waals surface area contributed by atoms with Crippen molar-refractivity contribution in [3.63, 3.8) is 0 Å². The van der Waals surface area contributed by atoms with Gasteiger partial charge in [-0.25, -0.2) is 0 Å². The van der Waals surface area contributed by atoms with E-state index >= 15 is 0 Å². The molecule has 0 aromatic heterocycles. The lowest BCUT2D eigenvalue weighted by atomic mass is 9.96. The molecule has 7 nitrogen and oxygen atoms in total. The molecule has 3 aromatic rings. The van der Waals surface area contributed by atoms with E-state index in [4.69, 9.17) is 9.47 Å². The molecule has 4 rings (SSSR count). The zero-order valence-corrected chi connectivity index (χ0v) is 19.4. The van der Waals surface area contributed by atoms with E-state index < -0.39 is 6.10 Å². The summed E-state index contributed by atoms with van der Waals surface area (Å²) in [6.45, 7) is 0.172. The first kappa shape index (κ1) is 24.4. The summed E-state index contributed by atoms with van der Waals surface area (Å²) in [5, 5.41) is 15.6. The van der Waals surface area contributed by atoms with Crippen molar-refractivity contribution >= 4 is 11.8 Å². The Balaban J connectivity index is 1.21. The van der Waals surface area contributed by atoms with Gasteiger partial charge in [-0.15, -0.1) is 0 Å². The minimum absolute atomic E-state index is 0.122. The highest BCUT2D eigenvalue weighted by atomic mass is 16.5. The Morgan fingerprint density at radius 2 is 1.54 bits per heavy atom. The van der Waals surface area contributed by atoms with E-state index in [1.807, 2.05) is 60.7 Å². The fourth-order valence-corrected chi connectivity index (χ4v) is 4.07. The Kier molecular flexibility index (Phi) is 8.48. The summed E-state index contributed by atoms with van der Waals surface area (Å²) in [5.41, 5.74) is 1.52. The monoisotopic (exact) mass is 474 g/mol. The first-order valence-electron chi connectivity index (χ1n) is 11.8. The van der Waals surface area contributed by atoms with E-state index in [1.54, 1.807) is 24.3 Å². The van der Waals surface area contributed by atoms with Crippen LogP contribution in [-0.4, -0.2) is 41.8 Å². The van der Waals surface area contributed by atoms with E-state index in [1.165, 1.54) is 0 Å². The molecule has 3 atom stereocenters. The van der Waals surface area contributed by atoms with Crippen molar-refractivity contribution in [2.75, 3.05) is 6.61 Å². The van der Waals surface area contributed by atoms with Gasteiger partial charge in [0.2, 0.25) is 5.91 Å². The van der Waals surface area contributed by atoms with Gasteiger partial charge in [-0.05, 0) is 54.8 Å². The predicted molar refractivity (Wildman–Crippen MR) is 132 cm³/mol. The number of aliphatic hydroxyl groups is 1. The minimum Gasteiger partial charge on any atom is -0.457 e. The van der Waals surface area contributed by atoms with Crippen molar-refractivity contribution in [1.82, 2.24) is 10.6 Å². The molecule has 1 aliphatic rings. The number of rotatable bonds is 9. The van der Waals surface area contributed by atoms with Gasteiger partial charge in [-0.3, -0.25) is 9.59 Å². The molecular formula is C28H30N2O5. The molecule has 3 aromatic carbocycles. The van der Waals surface area contributed by atoms with Gasteiger partial charge >= 0.3 is 0 Å². The fraction of sp³-hybridized carbons (Fsp3) is 0.286. The van der Waals surface area contributed by atoms with Crippen LogP contribution in [-0.2, 0) is 16.1 Å². The van der Waals surface area contributed by atoms with Crippen molar-refractivity contribution in [3.05, 3.63) is 96.1 Å². The number of hydrogen-bond donors (Lipinski definition) is 3. The maximum atomic E-state index is 12.5. The molecule has 182 valence electrons. The van der Waals surface area contributed by atoms with Crippen LogP contribution in [0.2, 0.25) is 0 Å². The maximum Gasteiger partial charge on any atom is 0.251 e. The smallest absolute Gasteiger partial charge is 0.251 e. The van der Waals surface area contributed by atoms with Crippen molar-refractivity contribution in [1.29, 1.82) is 0 Å². The Bertz CT molecular complexity index is 1090. The van der Waals surface area contributed by atoms with Gasteiger partial charge in [0.1, 0.15) is 17.6 Å². The highest BCUT2D eigenvalue weighted by Crippen LogP contribution is 2.23. The van der Waals surface area contributed by atoms with Crippen LogP contribution in [0.3, 0.4) is 0 Å². The molecule has 0 bridgehead atoms. The van der Waals surface area contributed by atoms with Gasteiger partial charge < -0.3 is 25.2 Å². The fourth-order valence-electron chi connectivity index (χ4n) is 4.07. The topological polar surface area (TPSA) is 96.9 Å². The summed E-state index contributed by atoms with van der Waals surface area (Å²) >= 11 is 0. The molecule has 0 unspecified atom stereocenters. The summed E-state index contributed by atoms with van der Waals surface area (Å²) < 4.78 is 11.7. The summed E-state index contributed by atoms with van der Waals surface area (Å²) in [5.74, 6) is 1.17. The van der Waals surface area contributed by atoms with Crippen molar-refractivity contribution in [3.8, 4) is 11.5 Å². The molecule has 0 aliphatic carbocycles. The van der Waals surface area contributed by atoms with Gasteiger partial charge in [0.05, 0.1) is 25.2 Å². The summed E-state index contributed by atoms with van der Waals surface area (Å²) in [4.78, 5) is 24.9. The quantitative estimate of drug-likeness (QED) is 0.438. The number of carbonyl (C=O) groups excluding carboxylic acids is 2. The molecular weight excluding hydrogens is 444 g/mol. The van der Waals surface area contributed by atoms with Crippen LogP contribution in [0.25, 0.3) is 0 Å². The van der Waals surface area contributed by atoms with Gasteiger partial charge in [0.25, 0.3) is 5.91 Å². The van der Waals surface area contributed by atoms with Crippen LogP contribution in [0, 0.1) is 0 Å². The molecule has 2 amide bonds. The molecule has 1 fully saturated rings. The SMILES string of the molecule is O=C(C[C@@H]1CC[C@@H](NC(=O)c2ccccc2)[C@H](CO)O1)NCc1ccc(Oc2ccccc2)cc1. The lowest BCUT2D eigenvalue weighted by Crippen LogP contribution is -2.51. The summed E-state index contributed by atoms with van der Waals surface area (Å²) in [7, 11) is 0. The molecule has 0 radical (unpaired) electrons. The van der Waals surface area contributed by atoms with Crippen LogP contribution in [0.1, 0.15) is 35.2 Å². The highest BCUT2D eigenvalue weighted by Gasteiger charge is 2.33. The van der Waals surface area contributed by atoms with Crippen LogP contribution in [0.4, 0.5) is 0 Å². The number of aliphatic hydroxyl groups excluding tert-OH is 1. The largest absolute Gasteiger partial charge is 0.457 e. The van der Waals surface area contributed by atoms with Crippen LogP contribution >= 0.6 is 0 Å². The molecule has 7 heteroatoms. The summed E-state index contributed by atoms with van der Waals surface area (Å²) in [6, 6.07) is 25.7. The minimum atomic E-state index is -0.550. The van der Waals surface area contributed by atoms with Crippen LogP contribution in [0.15, 0.2) is 84.9 Å². The second kappa shape index (κ2) is 12.1. The Labute approximate surface area is 205 Å². The third-order valence-corrected chi connectivity index (χ3v) is 5.95. The van der Waals surface area contributed by atoms with E-state index in [9.17, 15) is 14.7 Å². The second-order valence-electron chi connectivity index (χ2n) is 8.54. The third-order valence-electron chi connectivity index (χ3n) is 5.95. The van der Waals surface area contributed by atoms with E-state index in [0.29, 0.717) is 24.9 Å². The van der Waals surface area contributed by atoms with Crippen LogP contribution < -0.4 is 15.4 Å². The molecule has 1 heterocycles. The first-order valence-corrected chi connectivity index (χ1v) is 11.8. The lowest BCUT2D eigenvalue weighted by molar-refractivity contribution is -0.131. The van der Waals surface area contributed by atoms with Crippen molar-refractivity contribution in [2.24, 2.45) is 0 Å². The van der Waals surface area contributed by atoms with E-state index in [2.05, 4.69) is 10.6 Å².